The van der Waals surface area contributed by atoms with Gasteiger partial charge in [-0.2, -0.15) is 0 Å². The average molecular weight is 306 g/mol. The van der Waals surface area contributed by atoms with Gasteiger partial charge in [-0.25, -0.2) is 0 Å². The van der Waals surface area contributed by atoms with Crippen LogP contribution in [0.25, 0.3) is 0 Å². The Bertz CT molecular complexity index is 499. The highest BCUT2D eigenvalue weighted by atomic mass is 16.5. The third-order valence-electron chi connectivity index (χ3n) is 4.22. The van der Waals surface area contributed by atoms with Crippen LogP contribution in [0.2, 0.25) is 0 Å². The summed E-state index contributed by atoms with van der Waals surface area (Å²) in [5.41, 5.74) is 0.928. The number of benzene rings is 1. The molecule has 0 saturated carbocycles. The zero-order valence-corrected chi connectivity index (χ0v) is 13.6. The zero-order valence-electron chi connectivity index (χ0n) is 13.6. The molecule has 0 bridgehead atoms. The molecule has 5 heteroatoms. The number of rotatable bonds is 7. The van der Waals surface area contributed by atoms with Gasteiger partial charge in [0.1, 0.15) is 11.5 Å². The van der Waals surface area contributed by atoms with Gasteiger partial charge in [0.05, 0.1) is 20.3 Å². The van der Waals surface area contributed by atoms with Crippen molar-refractivity contribution in [1.29, 1.82) is 0 Å². The van der Waals surface area contributed by atoms with E-state index in [4.69, 9.17) is 9.47 Å². The third-order valence-corrected chi connectivity index (χ3v) is 4.22. The second-order valence-electron chi connectivity index (χ2n) is 5.79. The Hall–Kier alpha value is -1.75. The van der Waals surface area contributed by atoms with Crippen molar-refractivity contribution in [3.05, 3.63) is 23.8 Å². The highest BCUT2D eigenvalue weighted by Gasteiger charge is 2.18. The van der Waals surface area contributed by atoms with Gasteiger partial charge in [0, 0.05) is 12.0 Å². The molecule has 1 saturated heterocycles. The summed E-state index contributed by atoms with van der Waals surface area (Å²) in [5.74, 6) is 2.24. The lowest BCUT2D eigenvalue weighted by Crippen LogP contribution is -2.27. The van der Waals surface area contributed by atoms with E-state index in [9.17, 15) is 4.79 Å². The molecule has 2 unspecified atom stereocenters. The van der Waals surface area contributed by atoms with Gasteiger partial charge in [0.25, 0.3) is 0 Å². The predicted octanol–water partition coefficient (Wildman–Crippen LogP) is 2.27. The molecule has 2 rings (SSSR count). The monoisotopic (exact) mass is 306 g/mol. The van der Waals surface area contributed by atoms with Crippen LogP contribution in [-0.4, -0.2) is 33.2 Å². The van der Waals surface area contributed by atoms with Crippen LogP contribution in [0.4, 0.5) is 0 Å². The smallest absolute Gasteiger partial charge is 0.220 e. The minimum absolute atomic E-state index is 0.0873. The summed E-state index contributed by atoms with van der Waals surface area (Å²) >= 11 is 0. The normalized spacial score (nSPS) is 18.8. The van der Waals surface area contributed by atoms with E-state index >= 15 is 0 Å². The van der Waals surface area contributed by atoms with Gasteiger partial charge in [-0.15, -0.1) is 0 Å². The van der Waals surface area contributed by atoms with E-state index in [-0.39, 0.29) is 11.9 Å². The van der Waals surface area contributed by atoms with E-state index in [1.165, 1.54) is 6.42 Å². The SMILES string of the molecule is COc1ccc(OC)c(C(C)NC(=O)CCC2CCNC2)c1. The van der Waals surface area contributed by atoms with E-state index in [0.717, 1.165) is 36.6 Å². The van der Waals surface area contributed by atoms with Crippen molar-refractivity contribution >= 4 is 5.91 Å². The topological polar surface area (TPSA) is 59.6 Å². The number of carbonyl (C=O) groups is 1. The minimum Gasteiger partial charge on any atom is -0.497 e. The highest BCUT2D eigenvalue weighted by Crippen LogP contribution is 2.29. The molecular weight excluding hydrogens is 280 g/mol. The van der Waals surface area contributed by atoms with Crippen LogP contribution in [0, 0.1) is 5.92 Å². The first kappa shape index (κ1) is 16.6. The second-order valence-corrected chi connectivity index (χ2v) is 5.79. The molecule has 1 aliphatic heterocycles. The molecule has 1 fully saturated rings. The van der Waals surface area contributed by atoms with Crippen LogP contribution in [0.1, 0.15) is 37.8 Å². The van der Waals surface area contributed by atoms with Gasteiger partial charge < -0.3 is 20.1 Å². The fourth-order valence-corrected chi connectivity index (χ4v) is 2.87. The molecule has 1 heterocycles. The van der Waals surface area contributed by atoms with Gasteiger partial charge in [0.2, 0.25) is 5.91 Å². The molecule has 1 aliphatic rings. The van der Waals surface area contributed by atoms with Crippen molar-refractivity contribution in [2.24, 2.45) is 5.92 Å². The summed E-state index contributed by atoms with van der Waals surface area (Å²) in [7, 11) is 3.26. The Morgan fingerprint density at radius 1 is 1.41 bits per heavy atom. The molecule has 22 heavy (non-hydrogen) atoms. The molecule has 0 aliphatic carbocycles. The fourth-order valence-electron chi connectivity index (χ4n) is 2.87. The summed E-state index contributed by atoms with van der Waals surface area (Å²) in [6.45, 7) is 4.07. The molecule has 0 spiro atoms. The van der Waals surface area contributed by atoms with Crippen LogP contribution in [0.3, 0.4) is 0 Å². The molecular formula is C17H26N2O3. The van der Waals surface area contributed by atoms with Crippen LogP contribution in [-0.2, 0) is 4.79 Å². The average Bonchev–Trinajstić information content (AvgIpc) is 3.05. The molecule has 122 valence electrons. The largest absolute Gasteiger partial charge is 0.497 e. The minimum atomic E-state index is -0.112. The maximum absolute atomic E-state index is 12.1. The van der Waals surface area contributed by atoms with Crippen LogP contribution in [0.5, 0.6) is 11.5 Å². The van der Waals surface area contributed by atoms with E-state index in [2.05, 4.69) is 10.6 Å². The van der Waals surface area contributed by atoms with Gasteiger partial charge in [-0.1, -0.05) is 0 Å². The molecule has 1 aromatic rings. The van der Waals surface area contributed by atoms with E-state index in [0.29, 0.717) is 12.3 Å². The maximum atomic E-state index is 12.1. The van der Waals surface area contributed by atoms with Gasteiger partial charge in [-0.05, 0) is 57.0 Å². The van der Waals surface area contributed by atoms with E-state index in [1.54, 1.807) is 14.2 Å². The fraction of sp³-hybridized carbons (Fsp3) is 0.588. The molecule has 2 atom stereocenters. The highest BCUT2D eigenvalue weighted by molar-refractivity contribution is 5.76. The van der Waals surface area contributed by atoms with Crippen molar-refractivity contribution < 1.29 is 14.3 Å². The standard InChI is InChI=1S/C17H26N2O3/c1-12(15-10-14(21-2)5-6-16(15)22-3)19-17(20)7-4-13-8-9-18-11-13/h5-6,10,12-13,18H,4,7-9,11H2,1-3H3,(H,19,20). The molecule has 0 radical (unpaired) electrons. The number of methoxy groups -OCH3 is 2. The van der Waals surface area contributed by atoms with Crippen LogP contribution < -0.4 is 20.1 Å². The van der Waals surface area contributed by atoms with E-state index in [1.807, 2.05) is 25.1 Å². The van der Waals surface area contributed by atoms with Crippen molar-refractivity contribution in [3.8, 4) is 11.5 Å². The van der Waals surface area contributed by atoms with Crippen LogP contribution >= 0.6 is 0 Å². The second kappa shape index (κ2) is 8.03. The predicted molar refractivity (Wildman–Crippen MR) is 86.3 cm³/mol. The Kier molecular flexibility index (Phi) is 6.07. The van der Waals surface area contributed by atoms with Crippen molar-refractivity contribution in [1.82, 2.24) is 10.6 Å². The number of ether oxygens (including phenoxy) is 2. The summed E-state index contributed by atoms with van der Waals surface area (Å²) in [4.78, 5) is 12.1. The quantitative estimate of drug-likeness (QED) is 0.811. The lowest BCUT2D eigenvalue weighted by molar-refractivity contribution is -0.122. The third kappa shape index (κ3) is 4.37. The van der Waals surface area contributed by atoms with Crippen molar-refractivity contribution in [3.63, 3.8) is 0 Å². The first-order valence-electron chi connectivity index (χ1n) is 7.86. The van der Waals surface area contributed by atoms with Gasteiger partial charge in [0.15, 0.2) is 0 Å². The first-order chi connectivity index (χ1) is 10.6. The van der Waals surface area contributed by atoms with Gasteiger partial charge >= 0.3 is 0 Å². The number of hydrogen-bond donors (Lipinski definition) is 2. The Balaban J connectivity index is 1.92. The first-order valence-corrected chi connectivity index (χ1v) is 7.86. The number of nitrogens with one attached hydrogen (secondary N) is 2. The van der Waals surface area contributed by atoms with E-state index < -0.39 is 0 Å². The number of amides is 1. The number of hydrogen-bond acceptors (Lipinski definition) is 4. The Morgan fingerprint density at radius 2 is 2.23 bits per heavy atom. The summed E-state index contributed by atoms with van der Waals surface area (Å²) < 4.78 is 10.6. The molecule has 1 amide bonds. The zero-order chi connectivity index (χ0) is 15.9. The lowest BCUT2D eigenvalue weighted by atomic mass is 10.0. The Morgan fingerprint density at radius 3 is 2.86 bits per heavy atom. The molecule has 1 aromatic carbocycles. The lowest BCUT2D eigenvalue weighted by Gasteiger charge is -2.18. The van der Waals surface area contributed by atoms with Gasteiger partial charge in [-0.3, -0.25) is 4.79 Å². The molecule has 0 aromatic heterocycles. The summed E-state index contributed by atoms with van der Waals surface area (Å²) in [6.07, 6.45) is 2.69. The van der Waals surface area contributed by atoms with Crippen molar-refractivity contribution in [2.45, 2.75) is 32.2 Å². The van der Waals surface area contributed by atoms with Crippen LogP contribution in [0.15, 0.2) is 18.2 Å². The summed E-state index contributed by atoms with van der Waals surface area (Å²) in [5, 5.41) is 6.38. The maximum Gasteiger partial charge on any atom is 0.220 e. The molecule has 2 N–H and O–H groups in total. The molecule has 5 nitrogen and oxygen atoms in total. The Labute approximate surface area is 132 Å². The summed E-state index contributed by atoms with van der Waals surface area (Å²) in [6, 6.07) is 5.51. The van der Waals surface area contributed by atoms with Crippen molar-refractivity contribution in [2.75, 3.05) is 27.3 Å². The number of carbonyl (C=O) groups excluding carboxylic acids is 1.